The monoisotopic (exact) mass is 577 g/mol. The predicted molar refractivity (Wildman–Crippen MR) is 155 cm³/mol. The van der Waals surface area contributed by atoms with Gasteiger partial charge in [0.25, 0.3) is 5.91 Å². The first-order valence-corrected chi connectivity index (χ1v) is 15.0. The third-order valence-electron chi connectivity index (χ3n) is 7.50. The van der Waals surface area contributed by atoms with E-state index in [1.54, 1.807) is 18.2 Å². The molecule has 5 rings (SSSR count). The highest BCUT2D eigenvalue weighted by Crippen LogP contribution is 2.34. The highest BCUT2D eigenvalue weighted by Gasteiger charge is 2.29. The maximum atomic E-state index is 14.1. The minimum absolute atomic E-state index is 0.0160. The Balaban J connectivity index is 1.56. The lowest BCUT2D eigenvalue weighted by Crippen LogP contribution is -2.40. The van der Waals surface area contributed by atoms with Crippen molar-refractivity contribution in [1.82, 2.24) is 8.87 Å². The molecule has 0 aliphatic carbocycles. The molecule has 1 N–H and O–H groups in total. The van der Waals surface area contributed by atoms with Gasteiger partial charge >= 0.3 is 0 Å². The number of halogens is 1. The Labute approximate surface area is 239 Å². The van der Waals surface area contributed by atoms with Crippen LogP contribution >= 0.6 is 0 Å². The largest absolute Gasteiger partial charge is 0.379 e. The van der Waals surface area contributed by atoms with Gasteiger partial charge in [-0.1, -0.05) is 12.1 Å². The zero-order valence-electron chi connectivity index (χ0n) is 23.1. The van der Waals surface area contributed by atoms with Gasteiger partial charge < -0.3 is 19.5 Å². The van der Waals surface area contributed by atoms with Crippen molar-refractivity contribution in [2.45, 2.75) is 31.6 Å². The summed E-state index contributed by atoms with van der Waals surface area (Å²) in [5.74, 6) is -1.32. The first kappa shape index (κ1) is 28.5. The van der Waals surface area contributed by atoms with Gasteiger partial charge in [0.1, 0.15) is 17.5 Å². The number of aryl methyl sites for hydroxylation is 1. The number of sulfonamides is 1. The van der Waals surface area contributed by atoms with Crippen molar-refractivity contribution in [3.05, 3.63) is 76.9 Å². The van der Waals surface area contributed by atoms with Crippen LogP contribution in [0.2, 0.25) is 0 Å². The molecule has 3 aromatic rings. The van der Waals surface area contributed by atoms with Crippen LogP contribution in [0.4, 0.5) is 15.8 Å². The summed E-state index contributed by atoms with van der Waals surface area (Å²) in [6.45, 7) is 6.80. The van der Waals surface area contributed by atoms with Crippen LogP contribution in [0.3, 0.4) is 0 Å². The number of hydrogen-bond acceptors (Lipinski definition) is 6. The van der Waals surface area contributed by atoms with E-state index in [-0.39, 0.29) is 16.2 Å². The van der Waals surface area contributed by atoms with E-state index in [0.29, 0.717) is 37.6 Å². The number of amides is 1. The number of carbonyl (C=O) groups excluding carboxylic acids is 1. The van der Waals surface area contributed by atoms with Crippen LogP contribution < -0.4 is 10.2 Å². The van der Waals surface area contributed by atoms with Gasteiger partial charge in [-0.25, -0.2) is 12.8 Å². The maximum Gasteiger partial charge on any atom is 0.266 e. The van der Waals surface area contributed by atoms with E-state index in [1.165, 1.54) is 28.6 Å². The fourth-order valence-corrected chi connectivity index (χ4v) is 6.79. The summed E-state index contributed by atoms with van der Waals surface area (Å²) in [6, 6.07) is 14.8. The summed E-state index contributed by atoms with van der Waals surface area (Å²) in [5.41, 5.74) is 3.59. The minimum atomic E-state index is -3.74. The summed E-state index contributed by atoms with van der Waals surface area (Å²) >= 11 is 0. The van der Waals surface area contributed by atoms with E-state index in [9.17, 15) is 22.9 Å². The van der Waals surface area contributed by atoms with E-state index >= 15 is 0 Å². The fraction of sp³-hybridized carbons (Fsp3) is 0.333. The van der Waals surface area contributed by atoms with Gasteiger partial charge in [-0.2, -0.15) is 9.57 Å². The van der Waals surface area contributed by atoms with E-state index in [4.69, 9.17) is 4.74 Å². The van der Waals surface area contributed by atoms with E-state index in [2.05, 4.69) is 10.2 Å². The number of carbonyl (C=O) groups is 1. The first-order chi connectivity index (χ1) is 19.7. The molecule has 0 radical (unpaired) electrons. The molecule has 41 heavy (non-hydrogen) atoms. The molecule has 2 aliphatic heterocycles. The fourth-order valence-electron chi connectivity index (χ4n) is 5.37. The Bertz CT molecular complexity index is 1650. The van der Waals surface area contributed by atoms with Crippen LogP contribution in [-0.4, -0.2) is 62.6 Å². The number of nitriles is 1. The number of nitrogens with one attached hydrogen (secondary N) is 1. The molecule has 2 aromatic carbocycles. The Morgan fingerprint density at radius 1 is 1.02 bits per heavy atom. The zero-order valence-corrected chi connectivity index (χ0v) is 23.9. The Hall–Kier alpha value is -3.98. The highest BCUT2D eigenvalue weighted by atomic mass is 32.2. The lowest BCUT2D eigenvalue weighted by Gasteiger charge is -2.28. The Morgan fingerprint density at radius 3 is 2.41 bits per heavy atom. The topological polar surface area (TPSA) is 108 Å². The van der Waals surface area contributed by atoms with E-state index in [0.717, 1.165) is 43.0 Å². The third-order valence-corrected chi connectivity index (χ3v) is 9.39. The van der Waals surface area contributed by atoms with Crippen molar-refractivity contribution in [2.24, 2.45) is 0 Å². The average Bonchev–Trinajstić information content (AvgIpc) is 3.60. The Morgan fingerprint density at radius 2 is 1.73 bits per heavy atom. The van der Waals surface area contributed by atoms with Crippen LogP contribution in [-0.2, 0) is 19.6 Å². The molecule has 214 valence electrons. The molecule has 0 saturated carbocycles. The number of morpholine rings is 1. The smallest absolute Gasteiger partial charge is 0.266 e. The molecule has 2 saturated heterocycles. The second-order valence-corrected chi connectivity index (χ2v) is 12.1. The molecular weight excluding hydrogens is 545 g/mol. The number of aromatic nitrogens is 1. The Kier molecular flexibility index (Phi) is 8.26. The van der Waals surface area contributed by atoms with Crippen molar-refractivity contribution in [2.75, 3.05) is 49.6 Å². The highest BCUT2D eigenvalue weighted by molar-refractivity contribution is 7.89. The molecular formula is C30H32FN5O4S. The maximum absolute atomic E-state index is 14.1. The molecule has 0 spiro atoms. The molecule has 0 unspecified atom stereocenters. The van der Waals surface area contributed by atoms with Crippen LogP contribution in [0.1, 0.15) is 29.8 Å². The third kappa shape index (κ3) is 5.77. The van der Waals surface area contributed by atoms with E-state index in [1.807, 2.05) is 36.6 Å². The zero-order chi connectivity index (χ0) is 29.1. The van der Waals surface area contributed by atoms with Gasteiger partial charge in [0.15, 0.2) is 0 Å². The average molecular weight is 578 g/mol. The molecule has 2 fully saturated rings. The number of nitrogens with zero attached hydrogens (tertiary/aromatic N) is 4. The van der Waals surface area contributed by atoms with Gasteiger partial charge in [-0.3, -0.25) is 4.79 Å². The van der Waals surface area contributed by atoms with Crippen LogP contribution in [0.25, 0.3) is 11.8 Å². The molecule has 1 amide bonds. The van der Waals surface area contributed by atoms with Crippen LogP contribution in [0.5, 0.6) is 0 Å². The number of rotatable bonds is 7. The lowest BCUT2D eigenvalue weighted by atomic mass is 10.1. The molecule has 0 bridgehead atoms. The summed E-state index contributed by atoms with van der Waals surface area (Å²) in [7, 11) is -3.74. The van der Waals surface area contributed by atoms with Gasteiger partial charge in [0.2, 0.25) is 10.0 Å². The SMILES string of the molecule is Cc1cc(/C=C(/C#N)C(=O)Nc2ccccc2F)c(C)n1-c1cc(S(=O)(=O)N2CCOCC2)ccc1N1CCCC1. The summed E-state index contributed by atoms with van der Waals surface area (Å²) < 4.78 is 49.9. The van der Waals surface area contributed by atoms with E-state index < -0.39 is 21.7 Å². The molecule has 0 atom stereocenters. The predicted octanol–water partition coefficient (Wildman–Crippen LogP) is 4.40. The van der Waals surface area contributed by atoms with Crippen LogP contribution in [0, 0.1) is 31.0 Å². The number of ether oxygens (including phenoxy) is 1. The molecule has 1 aromatic heterocycles. The molecule has 9 nitrogen and oxygen atoms in total. The summed E-state index contributed by atoms with van der Waals surface area (Å²) in [6.07, 6.45) is 3.57. The van der Waals surface area contributed by atoms with Crippen molar-refractivity contribution in [1.29, 1.82) is 5.26 Å². The van der Waals surface area contributed by atoms with Crippen molar-refractivity contribution in [3.63, 3.8) is 0 Å². The first-order valence-electron chi connectivity index (χ1n) is 13.5. The molecule has 2 aliphatic rings. The number of hydrogen-bond donors (Lipinski definition) is 1. The van der Waals surface area contributed by atoms with Gasteiger partial charge in [-0.05, 0) is 74.7 Å². The second kappa shape index (κ2) is 11.9. The number of para-hydroxylation sites is 1. The quantitative estimate of drug-likeness (QED) is 0.330. The number of anilines is 2. The summed E-state index contributed by atoms with van der Waals surface area (Å²) in [5, 5.41) is 12.2. The van der Waals surface area contributed by atoms with Crippen molar-refractivity contribution < 1.29 is 22.3 Å². The standard InChI is InChI=1S/C30H32FN5O4S/c1-21-17-23(18-24(20-32)30(37)33-27-8-4-3-7-26(27)31)22(2)36(21)29-19-25(9-10-28(29)34-11-5-6-12-34)41(38,39)35-13-15-40-16-14-35/h3-4,7-10,17-19H,5-6,11-16H2,1-2H3,(H,33,37)/b24-18-. The number of benzene rings is 2. The van der Waals surface area contributed by atoms with Crippen molar-refractivity contribution >= 4 is 33.4 Å². The molecule has 11 heteroatoms. The second-order valence-electron chi connectivity index (χ2n) is 10.1. The van der Waals surface area contributed by atoms with Crippen molar-refractivity contribution in [3.8, 4) is 11.8 Å². The lowest BCUT2D eigenvalue weighted by molar-refractivity contribution is -0.112. The summed E-state index contributed by atoms with van der Waals surface area (Å²) in [4.78, 5) is 15.3. The van der Waals surface area contributed by atoms with Gasteiger partial charge in [0.05, 0.1) is 35.2 Å². The van der Waals surface area contributed by atoms with Gasteiger partial charge in [-0.15, -0.1) is 0 Å². The van der Waals surface area contributed by atoms with Crippen LogP contribution in [0.15, 0.2) is 59.0 Å². The minimum Gasteiger partial charge on any atom is -0.379 e. The molecule has 3 heterocycles. The normalized spacial score (nSPS) is 16.5. The van der Waals surface area contributed by atoms with Gasteiger partial charge in [0, 0.05) is 37.6 Å².